The Morgan fingerprint density at radius 2 is 2.00 bits per heavy atom. The van der Waals surface area contributed by atoms with Crippen LogP contribution in [0.5, 0.6) is 10.9 Å². The highest BCUT2D eigenvalue weighted by Gasteiger charge is 2.11. The second kappa shape index (κ2) is 6.78. The summed E-state index contributed by atoms with van der Waals surface area (Å²) in [5.74, 6) is 0.627. The number of fused-ring (bicyclic) bond motifs is 1. The Kier molecular flexibility index (Phi) is 4.18. The Morgan fingerprint density at radius 1 is 1.16 bits per heavy atom. The van der Waals surface area contributed by atoms with Gasteiger partial charge in [0.25, 0.3) is 11.1 Å². The summed E-state index contributed by atoms with van der Waals surface area (Å²) in [6.45, 7) is 0.454. The van der Waals surface area contributed by atoms with Crippen molar-refractivity contribution in [2.45, 2.75) is 6.54 Å². The van der Waals surface area contributed by atoms with Crippen molar-refractivity contribution in [3.8, 4) is 10.9 Å². The molecule has 25 heavy (non-hydrogen) atoms. The lowest BCUT2D eigenvalue weighted by molar-refractivity contribution is 0.0952. The number of thiazole rings is 1. The van der Waals surface area contributed by atoms with Gasteiger partial charge in [-0.25, -0.2) is 4.98 Å². The van der Waals surface area contributed by atoms with Gasteiger partial charge in [-0.3, -0.25) is 4.79 Å². The van der Waals surface area contributed by atoms with Gasteiger partial charge in [-0.1, -0.05) is 41.7 Å². The average molecular weight is 349 g/mol. The van der Waals surface area contributed by atoms with E-state index in [-0.39, 0.29) is 5.91 Å². The van der Waals surface area contributed by atoms with Crippen LogP contribution in [-0.2, 0) is 6.54 Å². The predicted octanol–water partition coefficient (Wildman–Crippen LogP) is 4.35. The van der Waals surface area contributed by atoms with Crippen molar-refractivity contribution >= 4 is 28.1 Å². The maximum Gasteiger partial charge on any atom is 0.278 e. The van der Waals surface area contributed by atoms with Gasteiger partial charge in [0.05, 0.1) is 5.56 Å². The molecule has 6 heteroatoms. The van der Waals surface area contributed by atoms with Crippen molar-refractivity contribution in [2.75, 3.05) is 0 Å². The molecule has 0 fully saturated rings. The molecule has 0 aliphatic heterocycles. The Balaban J connectivity index is 1.40. The summed E-state index contributed by atoms with van der Waals surface area (Å²) >= 11 is 1.44. The lowest BCUT2D eigenvalue weighted by Gasteiger charge is -2.06. The van der Waals surface area contributed by atoms with E-state index in [0.29, 0.717) is 17.3 Å². The number of para-hydroxylation sites is 1. The van der Waals surface area contributed by atoms with E-state index < -0.39 is 0 Å². The van der Waals surface area contributed by atoms with Gasteiger partial charge < -0.3 is 15.0 Å². The number of carbonyl (C=O) groups is 1. The van der Waals surface area contributed by atoms with Crippen LogP contribution in [0.1, 0.15) is 15.9 Å². The monoisotopic (exact) mass is 349 g/mol. The lowest BCUT2D eigenvalue weighted by Crippen LogP contribution is -2.22. The molecule has 2 aromatic carbocycles. The first-order chi connectivity index (χ1) is 12.3. The van der Waals surface area contributed by atoms with Gasteiger partial charge in [-0.05, 0) is 23.8 Å². The lowest BCUT2D eigenvalue weighted by atomic mass is 10.1. The number of ether oxygens (including phenoxy) is 1. The van der Waals surface area contributed by atoms with Crippen LogP contribution in [0.3, 0.4) is 0 Å². The van der Waals surface area contributed by atoms with Gasteiger partial charge >= 0.3 is 0 Å². The largest absolute Gasteiger partial charge is 0.431 e. The first-order valence-corrected chi connectivity index (χ1v) is 8.68. The average Bonchev–Trinajstić information content (AvgIpc) is 3.30. The summed E-state index contributed by atoms with van der Waals surface area (Å²) in [5, 5.41) is 6.35. The number of aromatic amines is 1. The zero-order valence-electron chi connectivity index (χ0n) is 13.2. The first kappa shape index (κ1) is 15.4. The molecular weight excluding hydrogens is 334 g/mol. The molecule has 2 aromatic heterocycles. The molecule has 0 saturated carbocycles. The fourth-order valence-electron chi connectivity index (χ4n) is 2.57. The first-order valence-electron chi connectivity index (χ1n) is 7.80. The molecule has 124 valence electrons. The number of rotatable bonds is 5. The van der Waals surface area contributed by atoms with Gasteiger partial charge in [0, 0.05) is 35.2 Å². The number of H-pyrrole nitrogens is 1. The van der Waals surface area contributed by atoms with Crippen molar-refractivity contribution in [1.29, 1.82) is 0 Å². The van der Waals surface area contributed by atoms with Crippen LogP contribution >= 0.6 is 11.3 Å². The summed E-state index contributed by atoms with van der Waals surface area (Å²) in [5.41, 5.74) is 2.61. The zero-order chi connectivity index (χ0) is 17.1. The number of amides is 1. The highest BCUT2D eigenvalue weighted by atomic mass is 32.1. The molecule has 0 aliphatic carbocycles. The van der Waals surface area contributed by atoms with E-state index in [4.69, 9.17) is 4.74 Å². The highest BCUT2D eigenvalue weighted by molar-refractivity contribution is 7.11. The molecule has 0 spiro atoms. The van der Waals surface area contributed by atoms with E-state index in [2.05, 4.69) is 15.3 Å². The maximum absolute atomic E-state index is 12.4. The number of carbonyl (C=O) groups excluding carboxylic acids is 1. The molecule has 4 aromatic rings. The van der Waals surface area contributed by atoms with E-state index >= 15 is 0 Å². The summed E-state index contributed by atoms with van der Waals surface area (Å²) in [6, 6.07) is 15.4. The SMILES string of the molecule is O=C(NCc1ccc(Oc2nccs2)cc1)c1c[nH]c2ccccc12. The van der Waals surface area contributed by atoms with Crippen molar-refractivity contribution in [1.82, 2.24) is 15.3 Å². The van der Waals surface area contributed by atoms with Crippen molar-refractivity contribution in [3.63, 3.8) is 0 Å². The van der Waals surface area contributed by atoms with Crippen LogP contribution in [-0.4, -0.2) is 15.9 Å². The number of benzene rings is 2. The molecule has 0 radical (unpaired) electrons. The third-order valence-corrected chi connectivity index (χ3v) is 4.47. The third kappa shape index (κ3) is 3.39. The van der Waals surface area contributed by atoms with Crippen molar-refractivity contribution < 1.29 is 9.53 Å². The number of aromatic nitrogens is 2. The molecule has 0 unspecified atom stereocenters. The minimum absolute atomic E-state index is 0.0967. The second-order valence-electron chi connectivity index (χ2n) is 5.47. The summed E-state index contributed by atoms with van der Waals surface area (Å²) in [7, 11) is 0. The molecule has 5 nitrogen and oxygen atoms in total. The predicted molar refractivity (Wildman–Crippen MR) is 98.1 cm³/mol. The zero-order valence-corrected chi connectivity index (χ0v) is 14.0. The summed E-state index contributed by atoms with van der Waals surface area (Å²) in [4.78, 5) is 19.6. The fourth-order valence-corrected chi connectivity index (χ4v) is 3.08. The molecule has 2 heterocycles. The van der Waals surface area contributed by atoms with Crippen LogP contribution in [0.2, 0.25) is 0 Å². The van der Waals surface area contributed by atoms with Gasteiger partial charge in [-0.15, -0.1) is 0 Å². The van der Waals surface area contributed by atoms with Crippen LogP contribution in [0.4, 0.5) is 0 Å². The summed E-state index contributed by atoms with van der Waals surface area (Å²) in [6.07, 6.45) is 3.44. The Hall–Kier alpha value is -3.12. The molecule has 0 atom stereocenters. The number of nitrogens with zero attached hydrogens (tertiary/aromatic N) is 1. The van der Waals surface area contributed by atoms with Crippen molar-refractivity contribution in [2.24, 2.45) is 0 Å². The molecule has 4 rings (SSSR count). The Morgan fingerprint density at radius 3 is 2.80 bits per heavy atom. The topological polar surface area (TPSA) is 67.0 Å². The summed E-state index contributed by atoms with van der Waals surface area (Å²) < 4.78 is 5.62. The quantitative estimate of drug-likeness (QED) is 0.563. The van der Waals surface area contributed by atoms with Crippen LogP contribution in [0, 0.1) is 0 Å². The van der Waals surface area contributed by atoms with E-state index in [9.17, 15) is 4.79 Å². The van der Waals surface area contributed by atoms with Crippen LogP contribution < -0.4 is 10.1 Å². The maximum atomic E-state index is 12.4. The number of hydrogen-bond acceptors (Lipinski definition) is 4. The standard InChI is InChI=1S/C19H15N3O2S/c23-18(16-12-21-17-4-2-1-3-15(16)17)22-11-13-5-7-14(8-6-13)24-19-20-9-10-25-19/h1-10,12,21H,11H2,(H,22,23). The van der Waals surface area contributed by atoms with E-state index in [1.807, 2.05) is 53.9 Å². The van der Waals surface area contributed by atoms with Crippen molar-refractivity contribution in [3.05, 3.63) is 77.4 Å². The third-order valence-electron chi connectivity index (χ3n) is 3.83. The van der Waals surface area contributed by atoms with Crippen LogP contribution in [0.25, 0.3) is 10.9 Å². The second-order valence-corrected chi connectivity index (χ2v) is 6.33. The van der Waals surface area contributed by atoms with E-state index in [1.54, 1.807) is 12.4 Å². The normalized spacial score (nSPS) is 10.7. The minimum atomic E-state index is -0.0967. The smallest absolute Gasteiger partial charge is 0.278 e. The molecule has 0 saturated heterocycles. The van der Waals surface area contributed by atoms with E-state index in [1.165, 1.54) is 11.3 Å². The Labute approximate surface area is 148 Å². The minimum Gasteiger partial charge on any atom is -0.431 e. The van der Waals surface area contributed by atoms with Gasteiger partial charge in [0.2, 0.25) is 0 Å². The number of hydrogen-bond donors (Lipinski definition) is 2. The molecule has 2 N–H and O–H groups in total. The highest BCUT2D eigenvalue weighted by Crippen LogP contribution is 2.23. The van der Waals surface area contributed by atoms with Gasteiger partial charge in [0.1, 0.15) is 5.75 Å². The molecule has 0 bridgehead atoms. The molecule has 1 amide bonds. The fraction of sp³-hybridized carbons (Fsp3) is 0.0526. The van der Waals surface area contributed by atoms with Gasteiger partial charge in [-0.2, -0.15) is 0 Å². The molecular formula is C19H15N3O2S. The Bertz CT molecular complexity index is 991. The van der Waals surface area contributed by atoms with Crippen LogP contribution in [0.15, 0.2) is 66.3 Å². The van der Waals surface area contributed by atoms with E-state index in [0.717, 1.165) is 22.2 Å². The molecule has 0 aliphatic rings. The van der Waals surface area contributed by atoms with Gasteiger partial charge in [0.15, 0.2) is 0 Å². The number of nitrogens with one attached hydrogen (secondary N) is 2.